The van der Waals surface area contributed by atoms with E-state index in [1.807, 2.05) is 18.2 Å². The van der Waals surface area contributed by atoms with Crippen LogP contribution in [0.2, 0.25) is 0 Å². The van der Waals surface area contributed by atoms with Crippen LogP contribution in [-0.2, 0) is 11.8 Å². The van der Waals surface area contributed by atoms with Crippen molar-refractivity contribution in [2.45, 2.75) is 0 Å². The molecule has 1 aromatic carbocycles. The maximum Gasteiger partial charge on any atom is 0.241 e. The summed E-state index contributed by atoms with van der Waals surface area (Å²) in [6.45, 7) is 0. The van der Waals surface area contributed by atoms with Gasteiger partial charge >= 0.3 is 0 Å². The van der Waals surface area contributed by atoms with Gasteiger partial charge in [-0.3, -0.25) is 9.59 Å². The van der Waals surface area contributed by atoms with Crippen LogP contribution in [0, 0.1) is 0 Å². The number of benzene rings is 1. The van der Waals surface area contributed by atoms with Crippen LogP contribution in [-0.4, -0.2) is 31.2 Å². The molecule has 7 heteroatoms. The standard InChI is InChI=1S/C21H17N5O2/c1-26-12-23-11-18(26)20(28)14-4-2-13(3-5-14)16-8-17-15(6-7-19(22)27)9-24-21(17)25-10-16/h2-12H,1H3,(H2,22,27)(H,24,25). The molecule has 28 heavy (non-hydrogen) atoms. The lowest BCUT2D eigenvalue weighted by Crippen LogP contribution is -2.06. The zero-order valence-corrected chi connectivity index (χ0v) is 15.1. The molecule has 4 rings (SSSR count). The number of primary amides is 1. The van der Waals surface area contributed by atoms with E-state index in [0.717, 1.165) is 27.7 Å². The van der Waals surface area contributed by atoms with Crippen molar-refractivity contribution in [1.29, 1.82) is 0 Å². The molecule has 0 radical (unpaired) electrons. The van der Waals surface area contributed by atoms with E-state index in [1.54, 1.807) is 54.7 Å². The predicted octanol–water partition coefficient (Wildman–Crippen LogP) is 2.69. The number of aromatic nitrogens is 4. The summed E-state index contributed by atoms with van der Waals surface area (Å²) in [5, 5.41) is 0.880. The number of pyridine rings is 1. The van der Waals surface area contributed by atoms with Gasteiger partial charge in [-0.25, -0.2) is 9.97 Å². The van der Waals surface area contributed by atoms with E-state index in [2.05, 4.69) is 15.0 Å². The highest BCUT2D eigenvalue weighted by molar-refractivity contribution is 6.08. The first-order chi connectivity index (χ1) is 13.5. The van der Waals surface area contributed by atoms with Gasteiger partial charge in [-0.1, -0.05) is 24.3 Å². The van der Waals surface area contributed by atoms with Crippen LogP contribution in [0.15, 0.2) is 61.3 Å². The van der Waals surface area contributed by atoms with Crippen molar-refractivity contribution in [2.24, 2.45) is 12.8 Å². The van der Waals surface area contributed by atoms with Crippen LogP contribution in [0.5, 0.6) is 0 Å². The molecule has 0 saturated carbocycles. The number of H-pyrrole nitrogens is 1. The first kappa shape index (κ1) is 17.4. The number of rotatable bonds is 5. The zero-order chi connectivity index (χ0) is 19.7. The second-order valence-electron chi connectivity index (χ2n) is 6.40. The average molecular weight is 371 g/mol. The molecule has 0 fully saturated rings. The fourth-order valence-electron chi connectivity index (χ4n) is 3.03. The van der Waals surface area contributed by atoms with Crippen LogP contribution in [0.3, 0.4) is 0 Å². The summed E-state index contributed by atoms with van der Waals surface area (Å²) in [5.74, 6) is -0.586. The molecule has 3 heterocycles. The fourth-order valence-corrected chi connectivity index (χ4v) is 3.03. The quantitative estimate of drug-likeness (QED) is 0.415. The maximum atomic E-state index is 12.6. The minimum absolute atomic E-state index is 0.0790. The fraction of sp³-hybridized carbons (Fsp3) is 0.0476. The summed E-state index contributed by atoms with van der Waals surface area (Å²) in [5.41, 5.74) is 9.68. The monoisotopic (exact) mass is 371 g/mol. The number of fused-ring (bicyclic) bond motifs is 1. The van der Waals surface area contributed by atoms with Crippen LogP contribution in [0.25, 0.3) is 28.2 Å². The number of nitrogens with zero attached hydrogens (tertiary/aromatic N) is 3. The Morgan fingerprint density at radius 3 is 2.61 bits per heavy atom. The van der Waals surface area contributed by atoms with Crippen LogP contribution >= 0.6 is 0 Å². The Bertz CT molecular complexity index is 1220. The molecule has 0 saturated heterocycles. The zero-order valence-electron chi connectivity index (χ0n) is 15.1. The van der Waals surface area contributed by atoms with Gasteiger partial charge in [-0.05, 0) is 17.7 Å². The third-order valence-electron chi connectivity index (χ3n) is 4.52. The molecule has 0 atom stereocenters. The number of aryl methyl sites for hydroxylation is 1. The van der Waals surface area contributed by atoms with Crippen LogP contribution in [0.1, 0.15) is 21.6 Å². The van der Waals surface area contributed by atoms with Gasteiger partial charge in [0, 0.05) is 47.6 Å². The molecule has 0 spiro atoms. The number of hydrogen-bond acceptors (Lipinski definition) is 4. The molecule has 0 unspecified atom stereocenters. The van der Waals surface area contributed by atoms with Crippen molar-refractivity contribution in [3.05, 3.63) is 78.1 Å². The molecule has 1 amide bonds. The lowest BCUT2D eigenvalue weighted by molar-refractivity contribution is -0.113. The van der Waals surface area contributed by atoms with E-state index in [0.29, 0.717) is 11.3 Å². The maximum absolute atomic E-state index is 12.6. The molecule has 7 nitrogen and oxygen atoms in total. The van der Waals surface area contributed by atoms with Crippen LogP contribution < -0.4 is 5.73 Å². The predicted molar refractivity (Wildman–Crippen MR) is 106 cm³/mol. The van der Waals surface area contributed by atoms with Gasteiger partial charge in [-0.2, -0.15) is 0 Å². The third-order valence-corrected chi connectivity index (χ3v) is 4.52. The molecular formula is C21H17N5O2. The van der Waals surface area contributed by atoms with Crippen molar-refractivity contribution in [3.8, 4) is 11.1 Å². The molecule has 138 valence electrons. The summed E-state index contributed by atoms with van der Waals surface area (Å²) >= 11 is 0. The average Bonchev–Trinajstić information content (AvgIpc) is 3.31. The van der Waals surface area contributed by atoms with Gasteiger partial charge in [0.2, 0.25) is 11.7 Å². The lowest BCUT2D eigenvalue weighted by atomic mass is 10.0. The Balaban J connectivity index is 1.66. The highest BCUT2D eigenvalue weighted by atomic mass is 16.1. The van der Waals surface area contributed by atoms with Crippen molar-refractivity contribution < 1.29 is 9.59 Å². The minimum atomic E-state index is -0.507. The van der Waals surface area contributed by atoms with E-state index < -0.39 is 5.91 Å². The first-order valence-corrected chi connectivity index (χ1v) is 8.59. The molecule has 3 aromatic heterocycles. The summed E-state index contributed by atoms with van der Waals surface area (Å²) in [6, 6.07) is 9.34. The summed E-state index contributed by atoms with van der Waals surface area (Å²) in [4.78, 5) is 35.0. The number of amides is 1. The molecule has 0 aliphatic carbocycles. The SMILES string of the molecule is Cn1cncc1C(=O)c1ccc(-c2cnc3[nH]cc(C=CC(N)=O)c3c2)cc1. The number of ketones is 1. The number of nitrogens with two attached hydrogens (primary N) is 1. The molecular weight excluding hydrogens is 354 g/mol. The number of carbonyl (C=O) groups is 2. The highest BCUT2D eigenvalue weighted by Gasteiger charge is 2.13. The number of imidazole rings is 1. The normalized spacial score (nSPS) is 11.3. The van der Waals surface area contributed by atoms with Crippen molar-refractivity contribution in [3.63, 3.8) is 0 Å². The first-order valence-electron chi connectivity index (χ1n) is 8.59. The summed E-state index contributed by atoms with van der Waals surface area (Å²) in [7, 11) is 1.79. The van der Waals surface area contributed by atoms with E-state index >= 15 is 0 Å². The van der Waals surface area contributed by atoms with Crippen molar-refractivity contribution in [2.75, 3.05) is 0 Å². The number of carbonyl (C=O) groups excluding carboxylic acids is 2. The Morgan fingerprint density at radius 1 is 1.14 bits per heavy atom. The van der Waals surface area contributed by atoms with E-state index in [-0.39, 0.29) is 5.78 Å². The smallest absolute Gasteiger partial charge is 0.241 e. The summed E-state index contributed by atoms with van der Waals surface area (Å²) in [6.07, 6.45) is 9.66. The van der Waals surface area contributed by atoms with Gasteiger partial charge in [0.25, 0.3) is 0 Å². The van der Waals surface area contributed by atoms with Crippen molar-refractivity contribution in [1.82, 2.24) is 19.5 Å². The Morgan fingerprint density at radius 2 is 1.93 bits per heavy atom. The molecule has 0 aliphatic heterocycles. The van der Waals surface area contributed by atoms with E-state index in [1.165, 1.54) is 6.08 Å². The molecule has 4 aromatic rings. The van der Waals surface area contributed by atoms with Gasteiger partial charge in [-0.15, -0.1) is 0 Å². The summed E-state index contributed by atoms with van der Waals surface area (Å²) < 4.78 is 1.70. The minimum Gasteiger partial charge on any atom is -0.366 e. The number of aromatic amines is 1. The van der Waals surface area contributed by atoms with Gasteiger partial charge in [0.15, 0.2) is 0 Å². The lowest BCUT2D eigenvalue weighted by Gasteiger charge is -2.05. The third kappa shape index (κ3) is 3.21. The van der Waals surface area contributed by atoms with E-state index in [9.17, 15) is 9.59 Å². The number of hydrogen-bond donors (Lipinski definition) is 2. The largest absolute Gasteiger partial charge is 0.366 e. The van der Waals surface area contributed by atoms with Gasteiger partial charge < -0.3 is 15.3 Å². The molecule has 3 N–H and O–H groups in total. The number of nitrogens with one attached hydrogen (secondary N) is 1. The second-order valence-corrected chi connectivity index (χ2v) is 6.40. The Kier molecular flexibility index (Phi) is 4.33. The Labute approximate surface area is 160 Å². The topological polar surface area (TPSA) is 107 Å². The van der Waals surface area contributed by atoms with E-state index in [4.69, 9.17) is 5.73 Å². The van der Waals surface area contributed by atoms with Gasteiger partial charge in [0.05, 0.1) is 12.5 Å². The second kappa shape index (κ2) is 6.96. The molecule has 0 aliphatic rings. The Hall–Kier alpha value is -4.00. The molecule has 0 bridgehead atoms. The van der Waals surface area contributed by atoms with Crippen molar-refractivity contribution >= 4 is 28.8 Å². The van der Waals surface area contributed by atoms with Crippen LogP contribution in [0.4, 0.5) is 0 Å². The van der Waals surface area contributed by atoms with Gasteiger partial charge in [0.1, 0.15) is 11.3 Å². The highest BCUT2D eigenvalue weighted by Crippen LogP contribution is 2.26.